The summed E-state index contributed by atoms with van der Waals surface area (Å²) in [6, 6.07) is 22.4. The average Bonchev–Trinajstić information content (AvgIpc) is 2.52. The van der Waals surface area contributed by atoms with Gasteiger partial charge in [0.25, 0.3) is 0 Å². The summed E-state index contributed by atoms with van der Waals surface area (Å²) in [4.78, 5) is 0. The third kappa shape index (κ3) is 3.11. The first-order valence-electron chi connectivity index (χ1n) is 8.81. The molecule has 0 atom stereocenters. The minimum absolute atomic E-state index is 0.129. The van der Waals surface area contributed by atoms with Crippen molar-refractivity contribution < 1.29 is 0 Å². The fraction of sp³-hybridized carbons (Fsp3) is 0.333. The number of fused-ring (bicyclic) bond motifs is 1. The second kappa shape index (κ2) is 5.77. The number of rotatable bonds is 1. The smallest absolute Gasteiger partial charge is 0.0102 e. The van der Waals surface area contributed by atoms with E-state index in [1.165, 1.54) is 33.0 Å². The first kappa shape index (κ1) is 16.8. The van der Waals surface area contributed by atoms with Gasteiger partial charge < -0.3 is 0 Å². The van der Waals surface area contributed by atoms with Crippen molar-refractivity contribution >= 4 is 10.8 Å². The molecule has 0 bridgehead atoms. The van der Waals surface area contributed by atoms with Crippen LogP contribution in [0.4, 0.5) is 0 Å². The zero-order valence-electron chi connectivity index (χ0n) is 15.8. The molecule has 124 valence electrons. The standard InChI is InChI=1S/C24H28/c1-23(2,3)18-14-15-19-17(16-18)10-9-12-20(19)21-11-7-8-13-22(21)24(4,5)6/h7-16H,1-6H3. The predicted molar refractivity (Wildman–Crippen MR) is 107 cm³/mol. The molecule has 3 aromatic carbocycles. The second-order valence-corrected chi connectivity index (χ2v) is 8.79. The normalized spacial score (nSPS) is 12.6. The Morgan fingerprint density at radius 3 is 1.92 bits per heavy atom. The summed E-state index contributed by atoms with van der Waals surface area (Å²) in [6.07, 6.45) is 0. The molecule has 0 aliphatic carbocycles. The van der Waals surface area contributed by atoms with Gasteiger partial charge in [-0.3, -0.25) is 0 Å². The van der Waals surface area contributed by atoms with E-state index in [9.17, 15) is 0 Å². The molecule has 24 heavy (non-hydrogen) atoms. The predicted octanol–water partition coefficient (Wildman–Crippen LogP) is 7.10. The van der Waals surface area contributed by atoms with E-state index in [-0.39, 0.29) is 10.8 Å². The summed E-state index contributed by atoms with van der Waals surface area (Å²) < 4.78 is 0. The lowest BCUT2D eigenvalue weighted by Crippen LogP contribution is -2.12. The summed E-state index contributed by atoms with van der Waals surface area (Å²) in [6.45, 7) is 13.7. The topological polar surface area (TPSA) is 0 Å². The highest BCUT2D eigenvalue weighted by atomic mass is 14.2. The second-order valence-electron chi connectivity index (χ2n) is 8.79. The molecule has 0 nitrogen and oxygen atoms in total. The molecular weight excluding hydrogens is 288 g/mol. The van der Waals surface area contributed by atoms with E-state index in [0.29, 0.717) is 0 Å². The Hall–Kier alpha value is -2.08. The van der Waals surface area contributed by atoms with E-state index < -0.39 is 0 Å². The van der Waals surface area contributed by atoms with Gasteiger partial charge in [0.2, 0.25) is 0 Å². The highest BCUT2D eigenvalue weighted by molar-refractivity contribution is 5.98. The van der Waals surface area contributed by atoms with Crippen LogP contribution in [0.5, 0.6) is 0 Å². The van der Waals surface area contributed by atoms with Crippen LogP contribution in [0.25, 0.3) is 21.9 Å². The lowest BCUT2D eigenvalue weighted by atomic mass is 9.80. The largest absolute Gasteiger partial charge is 0.0619 e. The van der Waals surface area contributed by atoms with E-state index in [2.05, 4.69) is 102 Å². The van der Waals surface area contributed by atoms with Crippen LogP contribution in [-0.4, -0.2) is 0 Å². The van der Waals surface area contributed by atoms with Gasteiger partial charge in [0.1, 0.15) is 0 Å². The van der Waals surface area contributed by atoms with Gasteiger partial charge in [-0.15, -0.1) is 0 Å². The molecule has 0 heterocycles. The highest BCUT2D eigenvalue weighted by Gasteiger charge is 2.20. The summed E-state index contributed by atoms with van der Waals surface area (Å²) in [5.41, 5.74) is 5.77. The zero-order chi connectivity index (χ0) is 17.5. The van der Waals surface area contributed by atoms with Gasteiger partial charge in [-0.1, -0.05) is 102 Å². The number of hydrogen-bond acceptors (Lipinski definition) is 0. The van der Waals surface area contributed by atoms with Crippen LogP contribution in [0.15, 0.2) is 60.7 Å². The molecule has 0 aromatic heterocycles. The average molecular weight is 316 g/mol. The van der Waals surface area contributed by atoms with Gasteiger partial charge in [0.05, 0.1) is 0 Å². The SMILES string of the molecule is CC(C)(C)c1ccc2c(-c3ccccc3C(C)(C)C)cccc2c1. The quantitative estimate of drug-likeness (QED) is 0.449. The van der Waals surface area contributed by atoms with Crippen LogP contribution in [0, 0.1) is 0 Å². The van der Waals surface area contributed by atoms with Gasteiger partial charge >= 0.3 is 0 Å². The third-order valence-corrected chi connectivity index (χ3v) is 4.77. The van der Waals surface area contributed by atoms with Crippen LogP contribution in [0.1, 0.15) is 52.7 Å². The zero-order valence-corrected chi connectivity index (χ0v) is 15.8. The molecule has 0 aliphatic heterocycles. The Balaban J connectivity index is 2.26. The van der Waals surface area contributed by atoms with Crippen molar-refractivity contribution in [3.8, 4) is 11.1 Å². The molecule has 0 heteroatoms. The van der Waals surface area contributed by atoms with Crippen molar-refractivity contribution in [2.24, 2.45) is 0 Å². The fourth-order valence-corrected chi connectivity index (χ4v) is 3.36. The van der Waals surface area contributed by atoms with Crippen molar-refractivity contribution in [1.82, 2.24) is 0 Å². The van der Waals surface area contributed by atoms with Crippen LogP contribution < -0.4 is 0 Å². The van der Waals surface area contributed by atoms with Crippen molar-refractivity contribution in [1.29, 1.82) is 0 Å². The Kier molecular flexibility index (Phi) is 4.03. The third-order valence-electron chi connectivity index (χ3n) is 4.77. The van der Waals surface area contributed by atoms with Gasteiger partial charge in [0, 0.05) is 0 Å². The van der Waals surface area contributed by atoms with Crippen LogP contribution in [-0.2, 0) is 10.8 Å². The van der Waals surface area contributed by atoms with E-state index in [4.69, 9.17) is 0 Å². The van der Waals surface area contributed by atoms with E-state index >= 15 is 0 Å². The molecule has 0 amide bonds. The Bertz CT molecular complexity index is 870. The Morgan fingerprint density at radius 1 is 0.583 bits per heavy atom. The summed E-state index contributed by atoms with van der Waals surface area (Å²) >= 11 is 0. The molecule has 0 aliphatic rings. The summed E-state index contributed by atoms with van der Waals surface area (Å²) in [7, 11) is 0. The van der Waals surface area contributed by atoms with Gasteiger partial charge in [-0.2, -0.15) is 0 Å². The van der Waals surface area contributed by atoms with Crippen LogP contribution in [0.2, 0.25) is 0 Å². The highest BCUT2D eigenvalue weighted by Crippen LogP contribution is 2.37. The number of hydrogen-bond donors (Lipinski definition) is 0. The lowest BCUT2D eigenvalue weighted by molar-refractivity contribution is 0.591. The molecule has 3 rings (SSSR count). The maximum Gasteiger partial charge on any atom is -0.0102 e. The molecule has 0 fully saturated rings. The Morgan fingerprint density at radius 2 is 1.25 bits per heavy atom. The molecule has 0 unspecified atom stereocenters. The molecule has 0 N–H and O–H groups in total. The molecule has 0 spiro atoms. The van der Waals surface area contributed by atoms with Gasteiger partial charge in [-0.05, 0) is 43.9 Å². The maximum atomic E-state index is 2.35. The fourth-order valence-electron chi connectivity index (χ4n) is 3.36. The van der Waals surface area contributed by atoms with E-state index in [1.807, 2.05) is 0 Å². The van der Waals surface area contributed by atoms with Crippen molar-refractivity contribution in [2.45, 2.75) is 52.4 Å². The summed E-state index contributed by atoms with van der Waals surface area (Å²) in [5, 5.41) is 2.66. The molecule has 0 radical (unpaired) electrons. The van der Waals surface area contributed by atoms with Crippen molar-refractivity contribution in [2.75, 3.05) is 0 Å². The molecule has 0 saturated carbocycles. The van der Waals surface area contributed by atoms with Gasteiger partial charge in [-0.25, -0.2) is 0 Å². The number of benzene rings is 3. The first-order valence-corrected chi connectivity index (χ1v) is 8.81. The lowest BCUT2D eigenvalue weighted by Gasteiger charge is -2.24. The molecular formula is C24H28. The Labute approximate surface area is 146 Å². The summed E-state index contributed by atoms with van der Waals surface area (Å²) in [5.74, 6) is 0. The monoisotopic (exact) mass is 316 g/mol. The van der Waals surface area contributed by atoms with E-state index in [1.54, 1.807) is 0 Å². The maximum absolute atomic E-state index is 2.35. The van der Waals surface area contributed by atoms with Crippen molar-refractivity contribution in [3.63, 3.8) is 0 Å². The van der Waals surface area contributed by atoms with Crippen LogP contribution >= 0.6 is 0 Å². The minimum atomic E-state index is 0.129. The molecule has 3 aromatic rings. The van der Waals surface area contributed by atoms with Crippen LogP contribution in [0.3, 0.4) is 0 Å². The molecule has 0 saturated heterocycles. The minimum Gasteiger partial charge on any atom is -0.0619 e. The van der Waals surface area contributed by atoms with Gasteiger partial charge in [0.15, 0.2) is 0 Å². The van der Waals surface area contributed by atoms with E-state index in [0.717, 1.165) is 0 Å². The van der Waals surface area contributed by atoms with Crippen molar-refractivity contribution in [3.05, 3.63) is 71.8 Å². The first-order chi connectivity index (χ1) is 11.2.